The average molecular weight is 590 g/mol. The Morgan fingerprint density at radius 1 is 0.457 bits per heavy atom. The molecule has 6 heteroatoms. The third kappa shape index (κ3) is 3.27. The standard InChI is InChI=1S/C40H23N5O/c1-4-16-30-26(12-1)27-13-2-5-17-31(27)40(30)32-18-7-15-29(34(32)35-28-14-3-6-19-33(28)46-36(35)40)39-44-37(24-10-8-20-41-22-24)43-38(45-39)25-11-9-21-42-23-25/h1-23H. The molecule has 0 saturated heterocycles. The quantitative estimate of drug-likeness (QED) is 0.205. The molecule has 214 valence electrons. The van der Waals surface area contributed by atoms with Crippen LogP contribution in [0.2, 0.25) is 0 Å². The molecule has 10 rings (SSSR count). The summed E-state index contributed by atoms with van der Waals surface area (Å²) in [6.07, 6.45) is 7.06. The van der Waals surface area contributed by atoms with Gasteiger partial charge in [0, 0.05) is 58.0 Å². The molecule has 0 radical (unpaired) electrons. The molecule has 0 aliphatic heterocycles. The Hall–Kier alpha value is -6.27. The van der Waals surface area contributed by atoms with Crippen molar-refractivity contribution in [1.82, 2.24) is 24.9 Å². The lowest BCUT2D eigenvalue weighted by Gasteiger charge is -2.28. The molecule has 8 aromatic rings. The van der Waals surface area contributed by atoms with E-state index in [4.69, 9.17) is 19.4 Å². The van der Waals surface area contributed by atoms with Crippen molar-refractivity contribution >= 4 is 11.0 Å². The topological polar surface area (TPSA) is 77.6 Å². The Morgan fingerprint density at radius 3 is 1.67 bits per heavy atom. The lowest BCUT2D eigenvalue weighted by Crippen LogP contribution is -2.25. The Kier molecular flexibility index (Phi) is 5.11. The summed E-state index contributed by atoms with van der Waals surface area (Å²) in [5, 5.41) is 1.07. The van der Waals surface area contributed by atoms with E-state index in [2.05, 4.69) is 94.9 Å². The zero-order valence-corrected chi connectivity index (χ0v) is 24.4. The van der Waals surface area contributed by atoms with Gasteiger partial charge in [0.1, 0.15) is 16.8 Å². The minimum absolute atomic E-state index is 0.552. The first kappa shape index (κ1) is 25.1. The van der Waals surface area contributed by atoms with Gasteiger partial charge in [0.2, 0.25) is 0 Å². The molecule has 0 saturated carbocycles. The van der Waals surface area contributed by atoms with Crippen molar-refractivity contribution in [3.05, 3.63) is 162 Å². The number of nitrogens with zero attached hydrogens (tertiary/aromatic N) is 5. The fourth-order valence-electron chi connectivity index (χ4n) is 7.52. The number of benzene rings is 4. The molecule has 2 aliphatic carbocycles. The van der Waals surface area contributed by atoms with Crippen LogP contribution in [0.25, 0.3) is 67.4 Å². The Morgan fingerprint density at radius 2 is 1.02 bits per heavy atom. The van der Waals surface area contributed by atoms with Crippen molar-refractivity contribution in [2.24, 2.45) is 0 Å². The monoisotopic (exact) mass is 589 g/mol. The minimum Gasteiger partial charge on any atom is -0.459 e. The minimum atomic E-state index is -0.627. The SMILES string of the molecule is c1cncc(-c2nc(-c3cccnc3)nc(-c3cccc4c3-c3c(oc5ccccc35)C43c4ccccc4-c4ccccc43)n2)c1. The number of fused-ring (bicyclic) bond motifs is 12. The van der Waals surface area contributed by atoms with Crippen molar-refractivity contribution in [2.75, 3.05) is 0 Å². The summed E-state index contributed by atoms with van der Waals surface area (Å²) in [5.74, 6) is 2.62. The Balaban J connectivity index is 1.33. The number of para-hydroxylation sites is 1. The first-order valence-electron chi connectivity index (χ1n) is 15.2. The smallest absolute Gasteiger partial charge is 0.165 e. The summed E-state index contributed by atoms with van der Waals surface area (Å²) < 4.78 is 6.95. The first-order chi connectivity index (χ1) is 22.8. The molecule has 6 nitrogen and oxygen atoms in total. The number of furan rings is 1. The van der Waals surface area contributed by atoms with Gasteiger partial charge in [-0.25, -0.2) is 15.0 Å². The van der Waals surface area contributed by atoms with E-state index in [0.717, 1.165) is 50.1 Å². The van der Waals surface area contributed by atoms with Crippen LogP contribution in [0.4, 0.5) is 0 Å². The second kappa shape index (κ2) is 9.36. The molecule has 1 spiro atoms. The third-order valence-electron chi connectivity index (χ3n) is 9.32. The van der Waals surface area contributed by atoms with Crippen molar-refractivity contribution in [3.63, 3.8) is 0 Å². The molecule has 0 atom stereocenters. The van der Waals surface area contributed by atoms with Gasteiger partial charge in [-0.3, -0.25) is 9.97 Å². The van der Waals surface area contributed by atoms with Crippen LogP contribution in [-0.2, 0) is 5.41 Å². The summed E-state index contributed by atoms with van der Waals surface area (Å²) in [5.41, 5.74) is 11.0. The molecular formula is C40H23N5O. The van der Waals surface area contributed by atoms with E-state index >= 15 is 0 Å². The summed E-state index contributed by atoms with van der Waals surface area (Å²) in [4.78, 5) is 23.8. The van der Waals surface area contributed by atoms with Gasteiger partial charge in [-0.05, 0) is 58.1 Å². The number of pyridine rings is 2. The van der Waals surface area contributed by atoms with Gasteiger partial charge in [-0.2, -0.15) is 0 Å². The number of hydrogen-bond acceptors (Lipinski definition) is 6. The van der Waals surface area contributed by atoms with Crippen molar-refractivity contribution in [3.8, 4) is 56.4 Å². The largest absolute Gasteiger partial charge is 0.459 e. The van der Waals surface area contributed by atoms with E-state index < -0.39 is 5.41 Å². The van der Waals surface area contributed by atoms with E-state index in [1.165, 1.54) is 22.3 Å². The Labute approximate surface area is 264 Å². The zero-order chi connectivity index (χ0) is 30.2. The average Bonchev–Trinajstić information content (AvgIpc) is 3.76. The second-order valence-corrected chi connectivity index (χ2v) is 11.7. The molecule has 0 bridgehead atoms. The van der Waals surface area contributed by atoms with E-state index in [0.29, 0.717) is 17.5 Å². The van der Waals surface area contributed by atoms with Gasteiger partial charge in [-0.15, -0.1) is 0 Å². The maximum Gasteiger partial charge on any atom is 0.165 e. The van der Waals surface area contributed by atoms with E-state index in [-0.39, 0.29) is 0 Å². The normalized spacial score (nSPS) is 13.4. The molecule has 4 aromatic heterocycles. The number of aromatic nitrogens is 5. The molecule has 4 aromatic carbocycles. The van der Waals surface area contributed by atoms with Crippen molar-refractivity contribution in [2.45, 2.75) is 5.41 Å². The first-order valence-corrected chi connectivity index (χ1v) is 15.2. The maximum atomic E-state index is 6.95. The van der Waals surface area contributed by atoms with Gasteiger partial charge in [0.25, 0.3) is 0 Å². The number of hydrogen-bond donors (Lipinski definition) is 0. The summed E-state index contributed by atoms with van der Waals surface area (Å²) >= 11 is 0. The lowest BCUT2D eigenvalue weighted by atomic mass is 9.73. The maximum absolute atomic E-state index is 6.95. The van der Waals surface area contributed by atoms with Gasteiger partial charge >= 0.3 is 0 Å². The van der Waals surface area contributed by atoms with Crippen LogP contribution in [0, 0.1) is 0 Å². The van der Waals surface area contributed by atoms with Crippen LogP contribution in [-0.4, -0.2) is 24.9 Å². The predicted molar refractivity (Wildman–Crippen MR) is 178 cm³/mol. The molecule has 0 N–H and O–H groups in total. The van der Waals surface area contributed by atoms with Gasteiger partial charge in [0.15, 0.2) is 17.5 Å². The van der Waals surface area contributed by atoms with Gasteiger partial charge in [-0.1, -0.05) is 84.9 Å². The van der Waals surface area contributed by atoms with Crippen LogP contribution < -0.4 is 0 Å². The zero-order valence-electron chi connectivity index (χ0n) is 24.4. The van der Waals surface area contributed by atoms with Crippen molar-refractivity contribution < 1.29 is 4.42 Å². The molecular weight excluding hydrogens is 566 g/mol. The molecule has 46 heavy (non-hydrogen) atoms. The van der Waals surface area contributed by atoms with Crippen LogP contribution in [0.1, 0.15) is 22.5 Å². The summed E-state index contributed by atoms with van der Waals surface area (Å²) in [6, 6.07) is 39.9. The highest BCUT2D eigenvalue weighted by Gasteiger charge is 2.55. The van der Waals surface area contributed by atoms with Crippen LogP contribution in [0.15, 0.2) is 144 Å². The third-order valence-corrected chi connectivity index (χ3v) is 9.32. The fourth-order valence-corrected chi connectivity index (χ4v) is 7.52. The Bertz CT molecular complexity index is 2380. The summed E-state index contributed by atoms with van der Waals surface area (Å²) in [6.45, 7) is 0. The summed E-state index contributed by atoms with van der Waals surface area (Å²) in [7, 11) is 0. The van der Waals surface area contributed by atoms with Gasteiger partial charge < -0.3 is 4.42 Å². The highest BCUT2D eigenvalue weighted by atomic mass is 16.3. The van der Waals surface area contributed by atoms with Crippen molar-refractivity contribution in [1.29, 1.82) is 0 Å². The predicted octanol–water partition coefficient (Wildman–Crippen LogP) is 8.75. The number of rotatable bonds is 3. The molecule has 0 fully saturated rings. The fraction of sp³-hybridized carbons (Fsp3) is 0.0250. The molecule has 0 unspecified atom stereocenters. The van der Waals surface area contributed by atoms with Crippen LogP contribution >= 0.6 is 0 Å². The lowest BCUT2D eigenvalue weighted by molar-refractivity contribution is 0.507. The van der Waals surface area contributed by atoms with E-state index in [1.54, 1.807) is 24.8 Å². The highest BCUT2D eigenvalue weighted by molar-refractivity contribution is 6.07. The second-order valence-electron chi connectivity index (χ2n) is 11.7. The van der Waals surface area contributed by atoms with Crippen LogP contribution in [0.5, 0.6) is 0 Å². The van der Waals surface area contributed by atoms with E-state index in [1.807, 2.05) is 30.3 Å². The van der Waals surface area contributed by atoms with E-state index in [9.17, 15) is 0 Å². The molecule has 2 aliphatic rings. The van der Waals surface area contributed by atoms with Gasteiger partial charge in [0.05, 0.1) is 0 Å². The molecule has 4 heterocycles. The molecule has 0 amide bonds. The highest BCUT2D eigenvalue weighted by Crippen LogP contribution is 2.65. The van der Waals surface area contributed by atoms with Crippen LogP contribution in [0.3, 0.4) is 0 Å².